The lowest BCUT2D eigenvalue weighted by Gasteiger charge is -2.28. The molecule has 2 N–H and O–H groups in total. The summed E-state index contributed by atoms with van der Waals surface area (Å²) >= 11 is 1.95. The Labute approximate surface area is 172 Å². The molecule has 0 spiro atoms. The Bertz CT molecular complexity index is 734. The van der Waals surface area contributed by atoms with Gasteiger partial charge in [-0.15, -0.1) is 0 Å². The van der Waals surface area contributed by atoms with E-state index in [-0.39, 0.29) is 12.1 Å². The zero-order valence-corrected chi connectivity index (χ0v) is 18.2. The van der Waals surface area contributed by atoms with Gasteiger partial charge in [0.25, 0.3) is 0 Å². The molecule has 1 aliphatic carbocycles. The molecule has 1 saturated heterocycles. The highest BCUT2D eigenvalue weighted by Gasteiger charge is 2.37. The molecule has 154 valence electrons. The van der Waals surface area contributed by atoms with Gasteiger partial charge in [-0.1, -0.05) is 12.1 Å². The lowest BCUT2D eigenvalue weighted by Crippen LogP contribution is -2.42. The van der Waals surface area contributed by atoms with E-state index in [4.69, 9.17) is 10.5 Å². The molecule has 2 aliphatic rings. The third-order valence-corrected chi connectivity index (χ3v) is 5.72. The number of benzene rings is 1. The van der Waals surface area contributed by atoms with Crippen molar-refractivity contribution < 1.29 is 9.53 Å². The minimum Gasteiger partial charge on any atom is -0.443 e. The lowest BCUT2D eigenvalue weighted by atomic mass is 10.1. The monoisotopic (exact) mass is 404 g/mol. The minimum atomic E-state index is -0.503. The number of aryl methyl sites for hydroxylation is 1. The first-order chi connectivity index (χ1) is 13.2. The van der Waals surface area contributed by atoms with Gasteiger partial charge in [-0.25, -0.2) is 9.79 Å². The summed E-state index contributed by atoms with van der Waals surface area (Å²) < 4.78 is 5.63. The van der Waals surface area contributed by atoms with Gasteiger partial charge in [0.05, 0.1) is 12.2 Å². The second kappa shape index (κ2) is 8.64. The van der Waals surface area contributed by atoms with Gasteiger partial charge in [0, 0.05) is 30.6 Å². The number of aliphatic imine (C=N–C) groups is 1. The molecule has 28 heavy (non-hydrogen) atoms. The van der Waals surface area contributed by atoms with Gasteiger partial charge in [0.2, 0.25) is 0 Å². The van der Waals surface area contributed by atoms with Gasteiger partial charge < -0.3 is 15.4 Å². The summed E-state index contributed by atoms with van der Waals surface area (Å²) in [5.41, 5.74) is 8.72. The third kappa shape index (κ3) is 5.56. The van der Waals surface area contributed by atoms with Crippen molar-refractivity contribution in [3.63, 3.8) is 0 Å². The van der Waals surface area contributed by atoms with Crippen molar-refractivity contribution in [1.82, 2.24) is 4.90 Å². The SMILES string of the molecule is Cc1cc(CN=C(N)N2CCSCC2)ccc1N(C(=O)OC(C)(C)C)C1CC1. The Morgan fingerprint density at radius 2 is 2.00 bits per heavy atom. The van der Waals surface area contributed by atoms with Crippen LogP contribution in [0.3, 0.4) is 0 Å². The number of ether oxygens (including phenoxy) is 1. The van der Waals surface area contributed by atoms with Crippen LogP contribution in [0.25, 0.3) is 0 Å². The molecule has 1 aromatic rings. The summed E-state index contributed by atoms with van der Waals surface area (Å²) in [4.78, 5) is 21.3. The fraction of sp³-hybridized carbons (Fsp3) is 0.619. The summed E-state index contributed by atoms with van der Waals surface area (Å²) in [5, 5.41) is 0. The van der Waals surface area contributed by atoms with Crippen LogP contribution < -0.4 is 10.6 Å². The largest absolute Gasteiger partial charge is 0.443 e. The summed E-state index contributed by atoms with van der Waals surface area (Å²) in [5.74, 6) is 2.83. The number of amides is 1. The van der Waals surface area contributed by atoms with Crippen molar-refractivity contribution in [2.45, 2.75) is 58.7 Å². The number of nitrogens with two attached hydrogens (primary N) is 1. The number of thioether (sulfide) groups is 1. The molecule has 1 amide bonds. The lowest BCUT2D eigenvalue weighted by molar-refractivity contribution is 0.0577. The number of carbonyl (C=O) groups excluding carboxylic acids is 1. The van der Waals surface area contributed by atoms with E-state index in [2.05, 4.69) is 16.0 Å². The van der Waals surface area contributed by atoms with Gasteiger partial charge in [-0.3, -0.25) is 4.90 Å². The summed E-state index contributed by atoms with van der Waals surface area (Å²) in [6.45, 7) is 10.2. The van der Waals surface area contributed by atoms with E-state index in [1.807, 2.05) is 56.5 Å². The third-order valence-electron chi connectivity index (χ3n) is 4.78. The normalized spacial score (nSPS) is 18.1. The second-order valence-electron chi connectivity index (χ2n) is 8.48. The van der Waals surface area contributed by atoms with E-state index in [1.54, 1.807) is 0 Å². The van der Waals surface area contributed by atoms with Gasteiger partial charge >= 0.3 is 6.09 Å². The average molecular weight is 405 g/mol. The van der Waals surface area contributed by atoms with Crippen molar-refractivity contribution in [3.8, 4) is 0 Å². The first-order valence-electron chi connectivity index (χ1n) is 9.99. The van der Waals surface area contributed by atoms with Crippen LogP contribution in [-0.2, 0) is 11.3 Å². The summed E-state index contributed by atoms with van der Waals surface area (Å²) in [6.07, 6.45) is 1.78. The molecule has 6 nitrogen and oxygen atoms in total. The molecule has 1 saturated carbocycles. The highest BCUT2D eigenvalue weighted by atomic mass is 32.2. The minimum absolute atomic E-state index is 0.241. The number of rotatable bonds is 4. The number of hydrogen-bond donors (Lipinski definition) is 1. The Balaban J connectivity index is 1.71. The molecule has 3 rings (SSSR count). The first kappa shape index (κ1) is 20.8. The van der Waals surface area contributed by atoms with Gasteiger partial charge in [0.1, 0.15) is 5.60 Å². The standard InChI is InChI=1S/C21H32N4O2S/c1-15-13-16(14-23-19(22)24-9-11-28-12-10-24)5-8-18(15)25(17-6-7-17)20(26)27-21(2,3)4/h5,8,13,17H,6-7,9-12,14H2,1-4H3,(H2,22,23). The van der Waals surface area contributed by atoms with Crippen molar-refractivity contribution in [3.05, 3.63) is 29.3 Å². The van der Waals surface area contributed by atoms with Crippen LogP contribution in [0.4, 0.5) is 10.5 Å². The number of carbonyl (C=O) groups is 1. The molecule has 0 atom stereocenters. The Hall–Kier alpha value is -1.89. The van der Waals surface area contributed by atoms with Crippen LogP contribution in [0.15, 0.2) is 23.2 Å². The smallest absolute Gasteiger partial charge is 0.415 e. The van der Waals surface area contributed by atoms with Crippen LogP contribution in [0.1, 0.15) is 44.7 Å². The number of hydrogen-bond acceptors (Lipinski definition) is 4. The topological polar surface area (TPSA) is 71.2 Å². The maximum Gasteiger partial charge on any atom is 0.415 e. The molecule has 7 heteroatoms. The average Bonchev–Trinajstić information content (AvgIpc) is 3.46. The molecule has 1 heterocycles. The molecule has 0 aromatic heterocycles. The molecular weight excluding hydrogens is 372 g/mol. The number of nitrogens with zero attached hydrogens (tertiary/aromatic N) is 3. The summed E-state index contributed by atoms with van der Waals surface area (Å²) in [7, 11) is 0. The van der Waals surface area contributed by atoms with Gasteiger partial charge in [0.15, 0.2) is 5.96 Å². The van der Waals surface area contributed by atoms with E-state index in [9.17, 15) is 4.79 Å². The van der Waals surface area contributed by atoms with E-state index >= 15 is 0 Å². The van der Waals surface area contributed by atoms with Gasteiger partial charge in [-0.05, 0) is 57.7 Å². The quantitative estimate of drug-likeness (QED) is 0.611. The maximum absolute atomic E-state index is 12.7. The van der Waals surface area contributed by atoms with E-state index < -0.39 is 5.60 Å². The molecule has 1 aliphatic heterocycles. The van der Waals surface area contributed by atoms with E-state index in [0.717, 1.165) is 54.3 Å². The number of guanidine groups is 1. The molecule has 0 unspecified atom stereocenters. The maximum atomic E-state index is 12.7. The van der Waals surface area contributed by atoms with Crippen molar-refractivity contribution in [1.29, 1.82) is 0 Å². The molecule has 0 bridgehead atoms. The van der Waals surface area contributed by atoms with Crippen LogP contribution in [-0.4, -0.2) is 53.2 Å². The molecule has 0 radical (unpaired) electrons. The van der Waals surface area contributed by atoms with Crippen LogP contribution in [0.2, 0.25) is 0 Å². The fourth-order valence-corrected chi connectivity index (χ4v) is 4.14. The van der Waals surface area contributed by atoms with Crippen molar-refractivity contribution in [2.75, 3.05) is 29.5 Å². The van der Waals surface area contributed by atoms with E-state index in [0.29, 0.717) is 12.5 Å². The summed E-state index contributed by atoms with van der Waals surface area (Å²) in [6, 6.07) is 6.38. The van der Waals surface area contributed by atoms with E-state index in [1.165, 1.54) is 0 Å². The molecule has 2 fully saturated rings. The Morgan fingerprint density at radius 1 is 1.32 bits per heavy atom. The Morgan fingerprint density at radius 3 is 2.57 bits per heavy atom. The van der Waals surface area contributed by atoms with Gasteiger partial charge in [-0.2, -0.15) is 11.8 Å². The predicted molar refractivity (Wildman–Crippen MR) is 117 cm³/mol. The second-order valence-corrected chi connectivity index (χ2v) is 9.70. The highest BCUT2D eigenvalue weighted by molar-refractivity contribution is 7.99. The Kier molecular flexibility index (Phi) is 6.43. The molecular formula is C21H32N4O2S. The van der Waals surface area contributed by atoms with Crippen LogP contribution in [0, 0.1) is 6.92 Å². The van der Waals surface area contributed by atoms with Crippen molar-refractivity contribution >= 4 is 29.5 Å². The fourth-order valence-electron chi connectivity index (χ4n) is 3.24. The highest BCUT2D eigenvalue weighted by Crippen LogP contribution is 2.35. The van der Waals surface area contributed by atoms with Crippen molar-refractivity contribution in [2.24, 2.45) is 10.7 Å². The van der Waals surface area contributed by atoms with Crippen LogP contribution >= 0.6 is 11.8 Å². The zero-order chi connectivity index (χ0) is 20.3. The zero-order valence-electron chi connectivity index (χ0n) is 17.4. The predicted octanol–water partition coefficient (Wildman–Crippen LogP) is 3.76. The van der Waals surface area contributed by atoms with Crippen LogP contribution in [0.5, 0.6) is 0 Å². The first-order valence-corrected chi connectivity index (χ1v) is 11.1. The number of anilines is 1. The molecule has 1 aromatic carbocycles.